The quantitative estimate of drug-likeness (QED) is 0.599. The standard InChI is InChI=1S/C9H10BNO/c1-12-6-2-3-9-7(4-6)8(10)5-11-9/h2-5,11H,10H2,1H3. The highest BCUT2D eigenvalue weighted by atomic mass is 16.5. The van der Waals surface area contributed by atoms with Gasteiger partial charge in [-0.15, -0.1) is 0 Å². The van der Waals surface area contributed by atoms with Gasteiger partial charge in [-0.25, -0.2) is 0 Å². The van der Waals surface area contributed by atoms with E-state index in [4.69, 9.17) is 4.74 Å². The summed E-state index contributed by atoms with van der Waals surface area (Å²) in [5, 5.41) is 1.23. The molecule has 60 valence electrons. The lowest BCUT2D eigenvalue weighted by Crippen LogP contribution is -1.97. The second-order valence-electron chi connectivity index (χ2n) is 2.88. The Kier molecular flexibility index (Phi) is 1.57. The van der Waals surface area contributed by atoms with Crippen LogP contribution in [-0.4, -0.2) is 19.9 Å². The number of aromatic amines is 1. The smallest absolute Gasteiger partial charge is 0.142 e. The molecule has 2 aromatic rings. The molecule has 1 aromatic heterocycles. The Labute approximate surface area is 72.0 Å². The highest BCUT2D eigenvalue weighted by molar-refractivity contribution is 6.38. The molecular formula is C9H10BNO. The maximum absolute atomic E-state index is 5.13. The summed E-state index contributed by atoms with van der Waals surface area (Å²) < 4.78 is 5.13. The lowest BCUT2D eigenvalue weighted by Gasteiger charge is -1.98. The van der Waals surface area contributed by atoms with Gasteiger partial charge in [0.2, 0.25) is 0 Å². The zero-order valence-electron chi connectivity index (χ0n) is 7.22. The molecule has 1 heterocycles. The highest BCUT2D eigenvalue weighted by Gasteiger charge is 1.99. The molecule has 0 radical (unpaired) electrons. The lowest BCUT2D eigenvalue weighted by molar-refractivity contribution is 0.415. The van der Waals surface area contributed by atoms with Crippen LogP contribution in [0.5, 0.6) is 5.75 Å². The van der Waals surface area contributed by atoms with Gasteiger partial charge in [0, 0.05) is 5.52 Å². The van der Waals surface area contributed by atoms with E-state index < -0.39 is 0 Å². The molecule has 2 nitrogen and oxygen atoms in total. The van der Waals surface area contributed by atoms with Crippen LogP contribution in [-0.2, 0) is 0 Å². The van der Waals surface area contributed by atoms with Crippen molar-refractivity contribution in [1.82, 2.24) is 4.98 Å². The summed E-state index contributed by atoms with van der Waals surface area (Å²) in [6, 6.07) is 6.03. The Morgan fingerprint density at radius 3 is 3.00 bits per heavy atom. The van der Waals surface area contributed by atoms with Crippen molar-refractivity contribution in [3.63, 3.8) is 0 Å². The molecule has 12 heavy (non-hydrogen) atoms. The van der Waals surface area contributed by atoms with Gasteiger partial charge in [-0.05, 0) is 29.8 Å². The van der Waals surface area contributed by atoms with E-state index in [1.807, 2.05) is 24.4 Å². The number of methoxy groups -OCH3 is 1. The first-order valence-electron chi connectivity index (χ1n) is 3.93. The molecule has 0 atom stereocenters. The summed E-state index contributed by atoms with van der Waals surface area (Å²) >= 11 is 0. The number of ether oxygens (including phenoxy) is 1. The maximum Gasteiger partial charge on any atom is 0.142 e. The molecule has 0 saturated carbocycles. The number of nitrogens with one attached hydrogen (secondary N) is 1. The molecule has 0 aliphatic heterocycles. The van der Waals surface area contributed by atoms with E-state index in [0.29, 0.717) is 0 Å². The molecule has 0 aliphatic carbocycles. The van der Waals surface area contributed by atoms with E-state index >= 15 is 0 Å². The molecule has 0 unspecified atom stereocenters. The van der Waals surface area contributed by atoms with E-state index in [1.54, 1.807) is 7.11 Å². The summed E-state index contributed by atoms with van der Waals surface area (Å²) in [5.41, 5.74) is 2.41. The topological polar surface area (TPSA) is 25.0 Å². The van der Waals surface area contributed by atoms with E-state index in [0.717, 1.165) is 11.3 Å². The summed E-state index contributed by atoms with van der Waals surface area (Å²) in [4.78, 5) is 3.18. The summed E-state index contributed by atoms with van der Waals surface area (Å²) in [6.07, 6.45) is 2.00. The number of rotatable bonds is 1. The van der Waals surface area contributed by atoms with Crippen LogP contribution in [0, 0.1) is 0 Å². The minimum absolute atomic E-state index is 0.908. The van der Waals surface area contributed by atoms with Gasteiger partial charge < -0.3 is 9.72 Å². The van der Waals surface area contributed by atoms with E-state index in [9.17, 15) is 0 Å². The van der Waals surface area contributed by atoms with Gasteiger partial charge >= 0.3 is 0 Å². The first kappa shape index (κ1) is 7.28. The number of hydrogen-bond donors (Lipinski definition) is 1. The Morgan fingerprint density at radius 2 is 2.25 bits per heavy atom. The van der Waals surface area contributed by atoms with Crippen LogP contribution in [0.2, 0.25) is 0 Å². The average molecular weight is 159 g/mol. The molecule has 0 saturated heterocycles. The molecule has 0 amide bonds. The Morgan fingerprint density at radius 1 is 1.42 bits per heavy atom. The van der Waals surface area contributed by atoms with Gasteiger partial charge in [-0.3, -0.25) is 0 Å². The Hall–Kier alpha value is -1.38. The van der Waals surface area contributed by atoms with Crippen molar-refractivity contribution in [3.8, 4) is 5.75 Å². The fourth-order valence-electron chi connectivity index (χ4n) is 1.37. The van der Waals surface area contributed by atoms with Gasteiger partial charge in [0.25, 0.3) is 0 Å². The number of aromatic nitrogens is 1. The largest absolute Gasteiger partial charge is 0.497 e. The van der Waals surface area contributed by atoms with Crippen LogP contribution in [0.3, 0.4) is 0 Å². The highest BCUT2D eigenvalue weighted by Crippen LogP contribution is 2.17. The Balaban J connectivity index is 2.71. The van der Waals surface area contributed by atoms with Crippen molar-refractivity contribution in [3.05, 3.63) is 24.4 Å². The van der Waals surface area contributed by atoms with Gasteiger partial charge in [0.05, 0.1) is 7.11 Å². The SMILES string of the molecule is Bc1c[nH]c2ccc(OC)cc12. The van der Waals surface area contributed by atoms with Crippen molar-refractivity contribution in [2.75, 3.05) is 7.11 Å². The minimum Gasteiger partial charge on any atom is -0.497 e. The number of benzene rings is 1. The molecule has 1 aromatic carbocycles. The van der Waals surface area contributed by atoms with E-state index in [-0.39, 0.29) is 0 Å². The van der Waals surface area contributed by atoms with Crippen molar-refractivity contribution >= 4 is 24.2 Å². The summed E-state index contributed by atoms with van der Waals surface area (Å²) in [7, 11) is 3.77. The third-order valence-corrected chi connectivity index (χ3v) is 2.10. The van der Waals surface area contributed by atoms with Crippen LogP contribution in [0.4, 0.5) is 0 Å². The number of fused-ring (bicyclic) bond motifs is 1. The van der Waals surface area contributed by atoms with Gasteiger partial charge in [0.15, 0.2) is 0 Å². The molecule has 2 rings (SSSR count). The van der Waals surface area contributed by atoms with Gasteiger partial charge in [-0.1, -0.05) is 5.46 Å². The fraction of sp³-hybridized carbons (Fsp3) is 0.111. The maximum atomic E-state index is 5.13. The molecule has 1 N–H and O–H groups in total. The third kappa shape index (κ3) is 0.980. The molecule has 0 fully saturated rings. The van der Waals surface area contributed by atoms with Crippen molar-refractivity contribution in [1.29, 1.82) is 0 Å². The van der Waals surface area contributed by atoms with Crippen LogP contribution in [0.1, 0.15) is 0 Å². The lowest BCUT2D eigenvalue weighted by atomic mass is 9.96. The average Bonchev–Trinajstić information content (AvgIpc) is 2.47. The molecule has 3 heteroatoms. The van der Waals surface area contributed by atoms with Crippen molar-refractivity contribution in [2.24, 2.45) is 0 Å². The summed E-state index contributed by atoms with van der Waals surface area (Å²) in [5.74, 6) is 0.908. The van der Waals surface area contributed by atoms with Crippen LogP contribution in [0.15, 0.2) is 24.4 Å². The van der Waals surface area contributed by atoms with Crippen molar-refractivity contribution < 1.29 is 4.74 Å². The van der Waals surface area contributed by atoms with E-state index in [2.05, 4.69) is 12.8 Å². The predicted molar refractivity (Wildman–Crippen MR) is 53.0 cm³/mol. The predicted octanol–water partition coefficient (Wildman–Crippen LogP) is 0.435. The van der Waals surface area contributed by atoms with E-state index in [1.165, 1.54) is 10.8 Å². The third-order valence-electron chi connectivity index (χ3n) is 2.10. The normalized spacial score (nSPS) is 10.4. The number of H-pyrrole nitrogens is 1. The zero-order valence-corrected chi connectivity index (χ0v) is 7.22. The molecular weight excluding hydrogens is 149 g/mol. The molecule has 0 bridgehead atoms. The molecule has 0 spiro atoms. The van der Waals surface area contributed by atoms with Gasteiger partial charge in [0.1, 0.15) is 13.6 Å². The van der Waals surface area contributed by atoms with Crippen LogP contribution in [0.25, 0.3) is 10.9 Å². The Bertz CT molecular complexity index is 408. The van der Waals surface area contributed by atoms with Crippen LogP contribution >= 0.6 is 0 Å². The second kappa shape index (κ2) is 2.59. The summed E-state index contributed by atoms with van der Waals surface area (Å²) in [6.45, 7) is 0. The number of hydrogen-bond acceptors (Lipinski definition) is 1. The van der Waals surface area contributed by atoms with Gasteiger partial charge in [-0.2, -0.15) is 0 Å². The first-order chi connectivity index (χ1) is 5.81. The second-order valence-corrected chi connectivity index (χ2v) is 2.88. The minimum atomic E-state index is 0.908. The van der Waals surface area contributed by atoms with Crippen LogP contribution < -0.4 is 10.2 Å². The fourth-order valence-corrected chi connectivity index (χ4v) is 1.37. The molecule has 0 aliphatic rings. The zero-order chi connectivity index (χ0) is 8.55. The first-order valence-corrected chi connectivity index (χ1v) is 3.93. The monoisotopic (exact) mass is 159 g/mol. The van der Waals surface area contributed by atoms with Crippen molar-refractivity contribution in [2.45, 2.75) is 0 Å².